The van der Waals surface area contributed by atoms with Gasteiger partial charge in [-0.3, -0.25) is 24.3 Å². The van der Waals surface area contributed by atoms with Gasteiger partial charge in [-0.05, 0) is 84.3 Å². The molecule has 0 saturated carbocycles. The van der Waals surface area contributed by atoms with E-state index < -0.39 is 0 Å². The van der Waals surface area contributed by atoms with Crippen LogP contribution in [0.5, 0.6) is 17.2 Å². The van der Waals surface area contributed by atoms with Crippen LogP contribution in [0.4, 0.5) is 11.4 Å². The molecule has 56 heavy (non-hydrogen) atoms. The Morgan fingerprint density at radius 3 is 2.48 bits per heavy atom. The number of fused-ring (bicyclic) bond motifs is 5. The lowest BCUT2D eigenvalue weighted by molar-refractivity contribution is -0.117. The molecule has 0 radical (unpaired) electrons. The summed E-state index contributed by atoms with van der Waals surface area (Å²) in [6.45, 7) is 5.15. The first kappa shape index (κ1) is 40.3. The van der Waals surface area contributed by atoms with Crippen molar-refractivity contribution in [2.45, 2.75) is 50.7 Å². The third kappa shape index (κ3) is 8.40. The van der Waals surface area contributed by atoms with Crippen LogP contribution in [0.15, 0.2) is 101 Å². The second kappa shape index (κ2) is 18.5. The minimum Gasteiger partial charge on any atom is -0.507 e. The van der Waals surface area contributed by atoms with Crippen LogP contribution in [-0.4, -0.2) is 72.7 Å². The summed E-state index contributed by atoms with van der Waals surface area (Å²) in [5, 5.41) is 12.4. The molecule has 12 heteroatoms. The Balaban J connectivity index is 0.00000129. The van der Waals surface area contributed by atoms with Gasteiger partial charge in [0.05, 0.1) is 47.9 Å². The number of hydrogen-bond acceptors (Lipinski definition) is 9. The predicted octanol–water partition coefficient (Wildman–Crippen LogP) is 8.78. The summed E-state index contributed by atoms with van der Waals surface area (Å²) in [5.74, 6) is 0.824. The minimum absolute atomic E-state index is 0.0888. The molecule has 3 aliphatic heterocycles. The molecule has 0 bridgehead atoms. The van der Waals surface area contributed by atoms with E-state index in [9.17, 15) is 14.7 Å². The standard InChI is InChI=1S/C41H37N5O5S.C2H6.CH3Cl/c1-42-52-30-12-10-25(11-13-30)26-14-16-45-29(18-26)23-43-35-21-39(38(50-2)20-34(35)41(45)49)51-24-28-7-5-6-27(44-28)19-40(48)46-17-15-32-31-8-3-4-9-33(31)37(47)22-36(32)46;2*1-2/h3-14,20-23,29,42,47H,15-19,24H2,1-2H3;1-2H3;1H3. The number of pyridine rings is 1. The number of hydrogen-bond donors (Lipinski definition) is 2. The second-order valence-electron chi connectivity index (χ2n) is 12.9. The Hall–Kier alpha value is -5.36. The van der Waals surface area contributed by atoms with Crippen LogP contribution in [0, 0.1) is 0 Å². The number of ether oxygens (including phenoxy) is 2. The first-order chi connectivity index (χ1) is 27.4. The van der Waals surface area contributed by atoms with Crippen LogP contribution in [0.25, 0.3) is 16.3 Å². The molecule has 2 amide bonds. The topological polar surface area (TPSA) is 117 Å². The van der Waals surface area contributed by atoms with E-state index in [1.807, 2.05) is 74.5 Å². The van der Waals surface area contributed by atoms with Crippen molar-refractivity contribution in [3.05, 3.63) is 119 Å². The van der Waals surface area contributed by atoms with E-state index in [4.69, 9.17) is 19.5 Å². The summed E-state index contributed by atoms with van der Waals surface area (Å²) in [4.78, 5) is 41.5. The number of anilines is 1. The molecule has 0 saturated heterocycles. The van der Waals surface area contributed by atoms with Crippen LogP contribution in [0.3, 0.4) is 0 Å². The first-order valence-corrected chi connectivity index (χ1v) is 20.2. The fourth-order valence-corrected chi connectivity index (χ4v) is 7.77. The number of carbonyl (C=O) groups excluding carboxylic acids is 2. The van der Waals surface area contributed by atoms with Gasteiger partial charge in [0.1, 0.15) is 12.4 Å². The summed E-state index contributed by atoms with van der Waals surface area (Å²) in [7, 11) is 3.44. The largest absolute Gasteiger partial charge is 0.507 e. The third-order valence-corrected chi connectivity index (χ3v) is 10.5. The monoisotopic (exact) mass is 791 g/mol. The number of nitrogens with zero attached hydrogens (tertiary/aromatic N) is 4. The number of aromatic hydroxyl groups is 1. The lowest BCUT2D eigenvalue weighted by atomic mass is 9.94. The molecule has 4 aromatic carbocycles. The molecule has 0 aliphatic carbocycles. The number of phenols is 1. The Labute approximate surface area is 337 Å². The molecule has 1 unspecified atom stereocenters. The van der Waals surface area contributed by atoms with E-state index in [1.54, 1.807) is 42.2 Å². The van der Waals surface area contributed by atoms with Crippen molar-refractivity contribution < 1.29 is 24.2 Å². The van der Waals surface area contributed by atoms with Crippen LogP contribution in [0.1, 0.15) is 53.1 Å². The zero-order valence-electron chi connectivity index (χ0n) is 32.2. The Kier molecular flexibility index (Phi) is 13.3. The Bertz CT molecular complexity index is 2280. The van der Waals surface area contributed by atoms with E-state index in [1.165, 1.54) is 12.0 Å². The molecule has 3 aliphatic rings. The summed E-state index contributed by atoms with van der Waals surface area (Å²) in [5.41, 5.74) is 6.37. The summed E-state index contributed by atoms with van der Waals surface area (Å²) in [6, 6.07) is 26.6. The smallest absolute Gasteiger partial charge is 0.257 e. The maximum atomic E-state index is 13.8. The third-order valence-electron chi connectivity index (χ3n) is 9.83. The van der Waals surface area contributed by atoms with Crippen molar-refractivity contribution in [1.29, 1.82) is 0 Å². The van der Waals surface area contributed by atoms with Crippen LogP contribution >= 0.6 is 23.5 Å². The van der Waals surface area contributed by atoms with Gasteiger partial charge in [0, 0.05) is 48.1 Å². The molecule has 0 fully saturated rings. The number of carbonyl (C=O) groups is 2. The number of phenolic OH excluding ortho intramolecular Hbond substituents is 1. The second-order valence-corrected chi connectivity index (χ2v) is 14.0. The number of amides is 2. The lowest BCUT2D eigenvalue weighted by Crippen LogP contribution is -2.43. The van der Waals surface area contributed by atoms with Crippen LogP contribution < -0.4 is 19.1 Å². The van der Waals surface area contributed by atoms with Gasteiger partial charge >= 0.3 is 0 Å². The van der Waals surface area contributed by atoms with E-state index >= 15 is 0 Å². The number of alkyl halides is 1. The Morgan fingerprint density at radius 2 is 1.73 bits per heavy atom. The maximum absolute atomic E-state index is 13.8. The van der Waals surface area contributed by atoms with Gasteiger partial charge in [-0.2, -0.15) is 0 Å². The SMILES string of the molecule is CC.CCl.CNSc1ccc(C2=CCN3C(=O)c4cc(OC)c(OCc5cccc(CC(=O)N6CCc7c6cc(O)c6ccccc76)n5)cc4N=CC3C2)cc1. The molecular weight excluding hydrogens is 746 g/mol. The highest BCUT2D eigenvalue weighted by atomic mass is 35.5. The average Bonchev–Trinajstić information content (AvgIpc) is 3.62. The number of rotatable bonds is 9. The van der Waals surface area contributed by atoms with E-state index in [0.29, 0.717) is 53.6 Å². The fraction of sp³-hybridized carbons (Fsp3) is 0.273. The molecule has 8 rings (SSSR count). The van der Waals surface area contributed by atoms with Gasteiger partial charge in [-0.15, -0.1) is 11.6 Å². The average molecular weight is 792 g/mol. The molecule has 1 atom stereocenters. The number of aromatic nitrogens is 1. The molecule has 10 nitrogen and oxygen atoms in total. The summed E-state index contributed by atoms with van der Waals surface area (Å²) >= 11 is 6.21. The molecule has 5 aromatic rings. The summed E-state index contributed by atoms with van der Waals surface area (Å²) in [6.07, 6.45) is 6.94. The van der Waals surface area contributed by atoms with Crippen molar-refractivity contribution in [3.63, 3.8) is 0 Å². The zero-order chi connectivity index (χ0) is 39.8. The molecule has 0 spiro atoms. The van der Waals surface area contributed by atoms with Crippen LogP contribution in [-0.2, 0) is 24.2 Å². The number of methoxy groups -OCH3 is 1. The van der Waals surface area contributed by atoms with E-state index in [-0.39, 0.29) is 36.6 Å². The highest BCUT2D eigenvalue weighted by Crippen LogP contribution is 2.41. The molecule has 4 heterocycles. The van der Waals surface area contributed by atoms with Crippen molar-refractivity contribution in [2.75, 3.05) is 38.5 Å². The number of nitrogens with one attached hydrogen (secondary N) is 1. The number of benzene rings is 4. The van der Waals surface area contributed by atoms with Gasteiger partial charge in [0.25, 0.3) is 5.91 Å². The normalized spacial score (nSPS) is 15.3. The van der Waals surface area contributed by atoms with Crippen LogP contribution in [0.2, 0.25) is 0 Å². The van der Waals surface area contributed by atoms with Gasteiger partial charge in [-0.1, -0.05) is 62.4 Å². The van der Waals surface area contributed by atoms with Gasteiger partial charge < -0.3 is 24.4 Å². The lowest BCUT2D eigenvalue weighted by Gasteiger charge is -2.32. The molecule has 1 aromatic heterocycles. The molecular formula is C44H46ClN5O5S. The molecule has 2 N–H and O–H groups in total. The predicted molar refractivity (Wildman–Crippen MR) is 227 cm³/mol. The Morgan fingerprint density at radius 1 is 0.982 bits per heavy atom. The highest BCUT2D eigenvalue weighted by molar-refractivity contribution is 7.97. The fourth-order valence-electron chi connectivity index (χ4n) is 7.26. The number of halogens is 1. The van der Waals surface area contributed by atoms with Crippen molar-refractivity contribution in [3.8, 4) is 17.2 Å². The number of aliphatic imine (C=N–C) groups is 1. The quantitative estimate of drug-likeness (QED) is 0.113. The highest BCUT2D eigenvalue weighted by Gasteiger charge is 2.32. The van der Waals surface area contributed by atoms with Gasteiger partial charge in [0.2, 0.25) is 5.91 Å². The van der Waals surface area contributed by atoms with E-state index in [2.05, 4.69) is 46.7 Å². The van der Waals surface area contributed by atoms with Gasteiger partial charge in [0.15, 0.2) is 11.5 Å². The zero-order valence-corrected chi connectivity index (χ0v) is 33.8. The van der Waals surface area contributed by atoms with Crippen molar-refractivity contribution in [2.24, 2.45) is 4.99 Å². The summed E-state index contributed by atoms with van der Waals surface area (Å²) < 4.78 is 15.0. The van der Waals surface area contributed by atoms with E-state index in [0.717, 1.165) is 38.9 Å². The minimum atomic E-state index is -0.185. The van der Waals surface area contributed by atoms with Crippen molar-refractivity contribution in [1.82, 2.24) is 14.6 Å². The maximum Gasteiger partial charge on any atom is 0.257 e. The molecule has 290 valence electrons. The van der Waals surface area contributed by atoms with Gasteiger partial charge in [-0.25, -0.2) is 0 Å². The van der Waals surface area contributed by atoms with Crippen molar-refractivity contribution >= 4 is 69.3 Å². The first-order valence-electron chi connectivity index (χ1n) is 18.6.